The van der Waals surface area contributed by atoms with Crippen LogP contribution in [0.5, 0.6) is 0 Å². The standard InChI is InChI=1S/C14H25BO2/c1-11(2)10-14(11,7)8-9-15-16-12(3,4)13(5,6)17-15/h8-9H,10H2,1-7H3/b9-8+. The maximum absolute atomic E-state index is 5.95. The summed E-state index contributed by atoms with van der Waals surface area (Å²) in [6.07, 6.45) is 3.52. The van der Waals surface area contributed by atoms with E-state index in [-0.39, 0.29) is 18.3 Å². The van der Waals surface area contributed by atoms with Crippen molar-refractivity contribution in [2.24, 2.45) is 10.8 Å². The maximum Gasteiger partial charge on any atom is 0.486 e. The molecule has 2 nitrogen and oxygen atoms in total. The van der Waals surface area contributed by atoms with Gasteiger partial charge in [0.15, 0.2) is 0 Å². The zero-order valence-electron chi connectivity index (χ0n) is 12.3. The van der Waals surface area contributed by atoms with Gasteiger partial charge < -0.3 is 9.31 Å². The van der Waals surface area contributed by atoms with Gasteiger partial charge >= 0.3 is 7.12 Å². The molecule has 0 radical (unpaired) electrons. The Morgan fingerprint density at radius 3 is 1.65 bits per heavy atom. The molecule has 3 heteroatoms. The largest absolute Gasteiger partial charge is 0.486 e. The second kappa shape index (κ2) is 3.39. The predicted molar refractivity (Wildman–Crippen MR) is 71.7 cm³/mol. The third-order valence-electron chi connectivity index (χ3n) is 5.12. The highest BCUT2D eigenvalue weighted by molar-refractivity contribution is 6.51. The summed E-state index contributed by atoms with van der Waals surface area (Å²) in [6.45, 7) is 15.3. The lowest BCUT2D eigenvalue weighted by molar-refractivity contribution is 0.00578. The zero-order chi connectivity index (χ0) is 13.1. The van der Waals surface area contributed by atoms with Crippen molar-refractivity contribution in [3.8, 4) is 0 Å². The molecule has 0 bridgehead atoms. The van der Waals surface area contributed by atoms with Crippen LogP contribution in [0.2, 0.25) is 0 Å². The molecule has 0 aromatic carbocycles. The molecule has 1 saturated heterocycles. The van der Waals surface area contributed by atoms with Gasteiger partial charge in [0.1, 0.15) is 0 Å². The van der Waals surface area contributed by atoms with Crippen LogP contribution in [0.25, 0.3) is 0 Å². The molecule has 2 aliphatic rings. The van der Waals surface area contributed by atoms with E-state index in [1.807, 2.05) is 0 Å². The number of rotatable bonds is 2. The first-order valence-corrected chi connectivity index (χ1v) is 6.54. The molecule has 0 aromatic heterocycles. The second-order valence-corrected chi connectivity index (χ2v) is 7.46. The minimum Gasteiger partial charge on any atom is -0.400 e. The summed E-state index contributed by atoms with van der Waals surface area (Å²) in [5.41, 5.74) is 0.272. The Morgan fingerprint density at radius 1 is 0.882 bits per heavy atom. The van der Waals surface area contributed by atoms with Crippen LogP contribution < -0.4 is 0 Å². The molecule has 0 spiro atoms. The van der Waals surface area contributed by atoms with Crippen LogP contribution >= 0.6 is 0 Å². The van der Waals surface area contributed by atoms with E-state index in [4.69, 9.17) is 9.31 Å². The van der Waals surface area contributed by atoms with Gasteiger partial charge in [-0.2, -0.15) is 0 Å². The van der Waals surface area contributed by atoms with Crippen molar-refractivity contribution in [3.05, 3.63) is 12.1 Å². The summed E-state index contributed by atoms with van der Waals surface area (Å²) in [4.78, 5) is 0. The molecule has 1 aliphatic carbocycles. The van der Waals surface area contributed by atoms with Crippen molar-refractivity contribution >= 4 is 7.12 Å². The second-order valence-electron chi connectivity index (χ2n) is 7.46. The predicted octanol–water partition coefficient (Wildman–Crippen LogP) is 3.61. The Bertz CT molecular complexity index is 341. The lowest BCUT2D eigenvalue weighted by atomic mass is 9.86. The average molecular weight is 236 g/mol. The minimum atomic E-state index is -0.234. The van der Waals surface area contributed by atoms with Crippen molar-refractivity contribution < 1.29 is 9.31 Å². The molecule has 0 aromatic rings. The van der Waals surface area contributed by atoms with Gasteiger partial charge in [0.05, 0.1) is 11.2 Å². The van der Waals surface area contributed by atoms with Crippen LogP contribution in [0.3, 0.4) is 0 Å². The highest BCUT2D eigenvalue weighted by atomic mass is 16.7. The van der Waals surface area contributed by atoms with Gasteiger partial charge in [-0.3, -0.25) is 0 Å². The molecule has 1 atom stereocenters. The lowest BCUT2D eigenvalue weighted by Gasteiger charge is -2.32. The fourth-order valence-corrected chi connectivity index (χ4v) is 2.42. The van der Waals surface area contributed by atoms with Crippen LogP contribution in [0.4, 0.5) is 0 Å². The molecule has 1 aliphatic heterocycles. The van der Waals surface area contributed by atoms with Crippen LogP contribution in [0.15, 0.2) is 12.1 Å². The van der Waals surface area contributed by atoms with E-state index in [1.54, 1.807) is 0 Å². The van der Waals surface area contributed by atoms with Crippen LogP contribution in [0.1, 0.15) is 54.9 Å². The fraction of sp³-hybridized carbons (Fsp3) is 0.857. The highest BCUT2D eigenvalue weighted by Gasteiger charge is 2.56. The monoisotopic (exact) mass is 236 g/mol. The van der Waals surface area contributed by atoms with Gasteiger partial charge in [0.2, 0.25) is 0 Å². The van der Waals surface area contributed by atoms with Crippen molar-refractivity contribution in [2.45, 2.75) is 66.1 Å². The summed E-state index contributed by atoms with van der Waals surface area (Å²) in [6, 6.07) is 0. The first-order valence-electron chi connectivity index (χ1n) is 6.54. The van der Waals surface area contributed by atoms with Crippen LogP contribution in [0, 0.1) is 10.8 Å². The van der Waals surface area contributed by atoms with E-state index in [1.165, 1.54) is 6.42 Å². The van der Waals surface area contributed by atoms with E-state index < -0.39 is 0 Å². The maximum atomic E-state index is 5.95. The molecule has 1 saturated carbocycles. The molecule has 0 N–H and O–H groups in total. The Balaban J connectivity index is 2.02. The van der Waals surface area contributed by atoms with Crippen molar-refractivity contribution in [1.82, 2.24) is 0 Å². The van der Waals surface area contributed by atoms with Crippen LogP contribution in [-0.2, 0) is 9.31 Å². The smallest absolute Gasteiger partial charge is 0.400 e. The van der Waals surface area contributed by atoms with Crippen molar-refractivity contribution in [1.29, 1.82) is 0 Å². The van der Waals surface area contributed by atoms with Gasteiger partial charge in [-0.05, 0) is 44.9 Å². The number of hydrogen-bond acceptors (Lipinski definition) is 2. The van der Waals surface area contributed by atoms with Crippen molar-refractivity contribution in [2.75, 3.05) is 0 Å². The van der Waals surface area contributed by atoms with Crippen molar-refractivity contribution in [3.63, 3.8) is 0 Å². The van der Waals surface area contributed by atoms with Crippen LogP contribution in [-0.4, -0.2) is 18.3 Å². The summed E-state index contributed by atoms with van der Waals surface area (Å²) in [7, 11) is -0.201. The molecular weight excluding hydrogens is 211 g/mol. The Labute approximate surface area is 106 Å². The SMILES string of the molecule is CC1(C)CC1(C)/C=C/B1OC(C)(C)C(C)(C)O1. The minimum absolute atomic E-state index is 0.201. The van der Waals surface area contributed by atoms with Gasteiger partial charge in [-0.25, -0.2) is 0 Å². The first kappa shape index (κ1) is 13.2. The average Bonchev–Trinajstić information content (AvgIpc) is 2.51. The fourth-order valence-electron chi connectivity index (χ4n) is 2.42. The first-order chi connectivity index (χ1) is 7.49. The van der Waals surface area contributed by atoms with E-state index >= 15 is 0 Å². The number of allylic oxidation sites excluding steroid dienone is 1. The van der Waals surface area contributed by atoms with Gasteiger partial charge in [-0.15, -0.1) is 0 Å². The van der Waals surface area contributed by atoms with E-state index in [2.05, 4.69) is 60.5 Å². The van der Waals surface area contributed by atoms with Gasteiger partial charge in [0, 0.05) is 0 Å². The Hall–Kier alpha value is -0.275. The molecular formula is C14H25BO2. The summed E-state index contributed by atoms with van der Waals surface area (Å²) >= 11 is 0. The zero-order valence-corrected chi connectivity index (χ0v) is 12.3. The Kier molecular flexibility index (Phi) is 2.62. The normalized spacial score (nSPS) is 37.7. The molecule has 2 rings (SSSR count). The summed E-state index contributed by atoms with van der Waals surface area (Å²) in [5.74, 6) is 2.09. The highest BCUT2D eigenvalue weighted by Crippen LogP contribution is 2.64. The topological polar surface area (TPSA) is 18.5 Å². The Morgan fingerprint density at radius 2 is 1.29 bits per heavy atom. The summed E-state index contributed by atoms with van der Waals surface area (Å²) in [5, 5.41) is 0. The van der Waals surface area contributed by atoms with E-state index in [0.29, 0.717) is 10.8 Å². The molecule has 2 fully saturated rings. The quantitative estimate of drug-likeness (QED) is 0.682. The molecule has 0 amide bonds. The van der Waals surface area contributed by atoms with E-state index in [0.717, 1.165) is 0 Å². The van der Waals surface area contributed by atoms with E-state index in [9.17, 15) is 0 Å². The molecule has 1 unspecified atom stereocenters. The summed E-state index contributed by atoms with van der Waals surface area (Å²) < 4.78 is 11.9. The third kappa shape index (κ3) is 2.08. The molecule has 96 valence electrons. The van der Waals surface area contributed by atoms with Gasteiger partial charge in [-0.1, -0.05) is 32.8 Å². The molecule has 17 heavy (non-hydrogen) atoms. The lowest BCUT2D eigenvalue weighted by Crippen LogP contribution is -2.41. The van der Waals surface area contributed by atoms with Gasteiger partial charge in [0.25, 0.3) is 0 Å². The third-order valence-corrected chi connectivity index (χ3v) is 5.12. The molecule has 1 heterocycles. The number of hydrogen-bond donors (Lipinski definition) is 0.